The van der Waals surface area contributed by atoms with Gasteiger partial charge in [0.2, 0.25) is 0 Å². The molecule has 0 spiro atoms. The maximum Gasteiger partial charge on any atom is 0.321 e. The van der Waals surface area contributed by atoms with Crippen LogP contribution < -0.4 is 21.4 Å². The first-order valence-electron chi connectivity index (χ1n) is 10.7. The molecule has 1 atom stereocenters. The molecule has 8 heteroatoms. The predicted molar refractivity (Wildman–Crippen MR) is 142 cm³/mol. The van der Waals surface area contributed by atoms with Crippen LogP contribution in [0.2, 0.25) is 0 Å². The molecule has 3 aromatic rings. The first kappa shape index (κ1) is 23.3. The zero-order valence-electron chi connectivity index (χ0n) is 18.9. The number of amidine groups is 1. The molecule has 0 saturated carbocycles. The molecule has 3 aromatic carbocycles. The molecule has 1 aliphatic rings. The van der Waals surface area contributed by atoms with Gasteiger partial charge in [0, 0.05) is 21.3 Å². The van der Waals surface area contributed by atoms with Gasteiger partial charge in [0.05, 0.1) is 17.1 Å². The Hall–Kier alpha value is -3.91. The largest absolute Gasteiger partial charge is 0.322 e. The molecule has 1 unspecified atom stereocenters. The van der Waals surface area contributed by atoms with E-state index in [4.69, 9.17) is 10.8 Å². The fourth-order valence-corrected chi connectivity index (χ4v) is 4.33. The highest BCUT2D eigenvalue weighted by molar-refractivity contribution is 9.10. The molecule has 0 saturated heterocycles. The van der Waals surface area contributed by atoms with Gasteiger partial charge < -0.3 is 16.5 Å². The molecule has 0 aliphatic carbocycles. The van der Waals surface area contributed by atoms with Crippen LogP contribution in [-0.2, 0) is 0 Å². The molecule has 0 fully saturated rings. The molecule has 172 valence electrons. The van der Waals surface area contributed by atoms with Gasteiger partial charge in [-0.3, -0.25) is 9.89 Å². The number of amides is 2. The number of halogens is 1. The van der Waals surface area contributed by atoms with Crippen molar-refractivity contribution in [3.63, 3.8) is 0 Å². The molecular weight excluding hydrogens is 492 g/mol. The minimum Gasteiger partial charge on any atom is -0.322 e. The van der Waals surface area contributed by atoms with Crippen LogP contribution in [0.3, 0.4) is 0 Å². The number of carbonyl (C=O) groups excluding carboxylic acids is 1. The van der Waals surface area contributed by atoms with Gasteiger partial charge in [0.15, 0.2) is 6.17 Å². The van der Waals surface area contributed by atoms with Crippen molar-refractivity contribution in [1.82, 2.24) is 5.32 Å². The molecule has 1 heterocycles. The number of fused-ring (bicyclic) bond motifs is 1. The average Bonchev–Trinajstić information content (AvgIpc) is 2.95. The summed E-state index contributed by atoms with van der Waals surface area (Å²) < 4.78 is 0.940. The van der Waals surface area contributed by atoms with E-state index in [9.17, 15) is 4.79 Å². The number of hydrogen-bond donors (Lipinski definition) is 3. The summed E-state index contributed by atoms with van der Waals surface area (Å²) in [6.45, 7) is 7.97. The number of aliphatic imine (C=N–C) groups is 1. The van der Waals surface area contributed by atoms with Crippen LogP contribution in [0.5, 0.6) is 0 Å². The summed E-state index contributed by atoms with van der Waals surface area (Å²) in [5, 5.41) is 9.76. The van der Waals surface area contributed by atoms with Crippen molar-refractivity contribution < 1.29 is 4.79 Å². The van der Waals surface area contributed by atoms with Crippen molar-refractivity contribution in [3.05, 3.63) is 106 Å². The van der Waals surface area contributed by atoms with Crippen LogP contribution >= 0.6 is 15.9 Å². The Morgan fingerprint density at radius 2 is 1.82 bits per heavy atom. The number of anilines is 2. The predicted octanol–water partition coefficient (Wildman–Crippen LogP) is 5.37. The minimum absolute atomic E-state index is 0.402. The molecule has 7 nitrogen and oxygen atoms in total. The van der Waals surface area contributed by atoms with E-state index in [1.165, 1.54) is 0 Å². The lowest BCUT2D eigenvalue weighted by Crippen LogP contribution is -2.43. The van der Waals surface area contributed by atoms with Crippen LogP contribution in [0.1, 0.15) is 23.6 Å². The number of aryl methyl sites for hydroxylation is 1. The van der Waals surface area contributed by atoms with Crippen LogP contribution in [0.25, 0.3) is 0 Å². The summed E-state index contributed by atoms with van der Waals surface area (Å²) in [4.78, 5) is 19.8. The number of hydrazone groups is 1. The molecule has 4 rings (SSSR count). The highest BCUT2D eigenvalue weighted by Gasteiger charge is 2.30. The first-order chi connectivity index (χ1) is 16.4. The molecule has 1 aliphatic heterocycles. The summed E-state index contributed by atoms with van der Waals surface area (Å²) in [6.07, 6.45) is -0.768. The summed E-state index contributed by atoms with van der Waals surface area (Å²) in [6, 6.07) is 22.9. The van der Waals surface area contributed by atoms with E-state index in [1.807, 2.05) is 84.6 Å². The number of hydrogen-bond acceptors (Lipinski definition) is 4. The normalized spacial score (nSPS) is 15.8. The molecule has 2 amide bonds. The topological polar surface area (TPSA) is 95.1 Å². The smallest absolute Gasteiger partial charge is 0.321 e. The Morgan fingerprint density at radius 1 is 1.12 bits per heavy atom. The second-order valence-corrected chi connectivity index (χ2v) is 8.74. The molecule has 0 aromatic heterocycles. The van der Waals surface area contributed by atoms with Crippen molar-refractivity contribution in [2.45, 2.75) is 20.0 Å². The van der Waals surface area contributed by atoms with E-state index in [0.717, 1.165) is 32.6 Å². The third kappa shape index (κ3) is 4.72. The second-order valence-electron chi connectivity index (χ2n) is 7.82. The lowest BCUT2D eigenvalue weighted by atomic mass is 10.0. The van der Waals surface area contributed by atoms with Crippen molar-refractivity contribution in [2.24, 2.45) is 15.9 Å². The van der Waals surface area contributed by atoms with Gasteiger partial charge in [-0.25, -0.2) is 4.79 Å². The van der Waals surface area contributed by atoms with Gasteiger partial charge in [-0.2, -0.15) is 5.10 Å². The van der Waals surface area contributed by atoms with Crippen molar-refractivity contribution in [3.8, 4) is 0 Å². The third-order valence-corrected chi connectivity index (χ3v) is 6.02. The van der Waals surface area contributed by atoms with E-state index in [2.05, 4.69) is 38.2 Å². The number of nitrogens with two attached hydrogens (primary N) is 1. The van der Waals surface area contributed by atoms with Crippen molar-refractivity contribution in [1.29, 1.82) is 0 Å². The van der Waals surface area contributed by atoms with E-state index < -0.39 is 12.2 Å². The third-order valence-electron chi connectivity index (χ3n) is 5.52. The van der Waals surface area contributed by atoms with E-state index in [-0.39, 0.29) is 0 Å². The van der Waals surface area contributed by atoms with Crippen molar-refractivity contribution in [2.75, 3.05) is 10.2 Å². The summed E-state index contributed by atoms with van der Waals surface area (Å²) in [5.74, 6) is 6.19. The second kappa shape index (κ2) is 9.93. The lowest BCUT2D eigenvalue weighted by molar-refractivity contribution is 0.250. The van der Waals surface area contributed by atoms with Crippen LogP contribution in [0.4, 0.5) is 16.2 Å². The number of benzodiazepines with no additional fused rings is 1. The number of carbonyl (C=O) groups is 1. The minimum atomic E-state index is -0.768. The van der Waals surface area contributed by atoms with Gasteiger partial charge in [0.25, 0.3) is 0 Å². The van der Waals surface area contributed by atoms with Gasteiger partial charge in [0.1, 0.15) is 5.84 Å². The Balaban J connectivity index is 1.76. The molecule has 34 heavy (non-hydrogen) atoms. The monoisotopic (exact) mass is 516 g/mol. The highest BCUT2D eigenvalue weighted by atomic mass is 79.9. The number of urea groups is 1. The lowest BCUT2D eigenvalue weighted by Gasteiger charge is -2.28. The zero-order valence-corrected chi connectivity index (χ0v) is 20.5. The van der Waals surface area contributed by atoms with Gasteiger partial charge >= 0.3 is 6.03 Å². The first-order valence-corrected chi connectivity index (χ1v) is 11.5. The van der Waals surface area contributed by atoms with Crippen LogP contribution in [-0.4, -0.2) is 23.7 Å². The Bertz CT molecular complexity index is 1300. The van der Waals surface area contributed by atoms with Crippen molar-refractivity contribution >= 4 is 44.9 Å². The highest BCUT2D eigenvalue weighted by Crippen LogP contribution is 2.32. The Morgan fingerprint density at radius 3 is 2.53 bits per heavy atom. The molecule has 0 bridgehead atoms. The number of para-hydroxylation sites is 1. The fraction of sp³-hybridized carbons (Fsp3) is 0.115. The number of benzene rings is 3. The maximum atomic E-state index is 13.0. The quantitative estimate of drug-likeness (QED) is 0.189. The van der Waals surface area contributed by atoms with Gasteiger partial charge in [-0.1, -0.05) is 71.0 Å². The molecule has 0 radical (unpaired) electrons. The standard InChI is InChI=1S/C26H25BrN6O/c1-16-15-20(27)13-14-22(16)29-26(34)31-25-17(2)33(18(3)32-28)23-12-8-7-11-21(23)24(30-25)19-9-5-4-6-10-19/h4-15,25H,2,28H2,1,3H3,(H2,29,31,34)/b32-18-. The maximum absolute atomic E-state index is 13.0. The number of rotatable bonds is 3. The average molecular weight is 517 g/mol. The van der Waals surface area contributed by atoms with Gasteiger partial charge in [-0.05, 0) is 43.7 Å². The molecule has 4 N–H and O–H groups in total. The van der Waals surface area contributed by atoms with E-state index in [1.54, 1.807) is 6.92 Å². The Kier molecular flexibility index (Phi) is 6.79. The summed E-state index contributed by atoms with van der Waals surface area (Å²) in [5.41, 5.74) is 5.51. The van der Waals surface area contributed by atoms with Crippen LogP contribution in [0, 0.1) is 6.92 Å². The summed E-state index contributed by atoms with van der Waals surface area (Å²) in [7, 11) is 0. The fourth-order valence-electron chi connectivity index (χ4n) is 3.85. The zero-order chi connectivity index (χ0) is 24.2. The number of nitrogens with one attached hydrogen (secondary N) is 2. The SMILES string of the molecule is C=C1C(NC(=O)Nc2ccc(Br)cc2C)N=C(c2ccccc2)c2ccccc2N1/C(C)=N\N. The van der Waals surface area contributed by atoms with Crippen LogP contribution in [0.15, 0.2) is 99.6 Å². The van der Waals surface area contributed by atoms with E-state index in [0.29, 0.717) is 17.2 Å². The molecular formula is C26H25BrN6O. The van der Waals surface area contributed by atoms with E-state index >= 15 is 0 Å². The number of nitrogens with zero attached hydrogens (tertiary/aromatic N) is 3. The summed E-state index contributed by atoms with van der Waals surface area (Å²) >= 11 is 3.44. The van der Waals surface area contributed by atoms with Gasteiger partial charge in [-0.15, -0.1) is 0 Å². The Labute approximate surface area is 207 Å².